The predicted octanol–water partition coefficient (Wildman–Crippen LogP) is 3.29. The molecule has 1 aromatic carbocycles. The lowest BCUT2D eigenvalue weighted by Crippen LogP contribution is -2.56. The fraction of sp³-hybridized carbons (Fsp3) is 0.333. The Kier molecular flexibility index (Phi) is 4.76. The van der Waals surface area contributed by atoms with E-state index in [9.17, 15) is 0 Å². The summed E-state index contributed by atoms with van der Waals surface area (Å²) in [4.78, 5) is 11.1. The minimum atomic E-state index is 0.225. The second-order valence-electron chi connectivity index (χ2n) is 5.40. The molecule has 0 amide bonds. The summed E-state index contributed by atoms with van der Waals surface area (Å²) in [5, 5.41) is 0. The zero-order valence-electron chi connectivity index (χ0n) is 13.5. The lowest BCUT2D eigenvalue weighted by atomic mass is 10.1. The van der Waals surface area contributed by atoms with Gasteiger partial charge in [0.25, 0.3) is 0 Å². The highest BCUT2D eigenvalue weighted by atomic mass is 16.5. The van der Waals surface area contributed by atoms with Gasteiger partial charge in [-0.25, -0.2) is 9.98 Å². The molecule has 1 aliphatic rings. The zero-order chi connectivity index (χ0) is 16.1. The maximum Gasteiger partial charge on any atom is 0.213 e. The first-order valence-electron chi connectivity index (χ1n) is 7.82. The number of amidine groups is 1. The number of hydrogen-bond donors (Lipinski definition) is 0. The maximum absolute atomic E-state index is 5.93. The van der Waals surface area contributed by atoms with Gasteiger partial charge in [0.1, 0.15) is 17.7 Å². The van der Waals surface area contributed by atoms with E-state index in [-0.39, 0.29) is 6.10 Å². The van der Waals surface area contributed by atoms with Crippen molar-refractivity contribution in [1.29, 1.82) is 0 Å². The van der Waals surface area contributed by atoms with Crippen LogP contribution >= 0.6 is 0 Å². The first-order chi connectivity index (χ1) is 11.3. The molecule has 1 fully saturated rings. The van der Waals surface area contributed by atoms with Gasteiger partial charge in [0, 0.05) is 12.5 Å². The summed E-state index contributed by atoms with van der Waals surface area (Å²) in [7, 11) is 1.61. The standard InChI is InChI=1S/C18H21N3O2/c1-3-17(20-14-9-10-18(22-2)19-11-14)21-12-16(13-21)23-15-7-5-4-6-8-15/h4-11,16H,3,12-13H2,1-2H3. The van der Waals surface area contributed by atoms with Crippen molar-refractivity contribution in [1.82, 2.24) is 9.88 Å². The van der Waals surface area contributed by atoms with E-state index in [1.54, 1.807) is 13.3 Å². The molecule has 0 spiro atoms. The molecule has 5 nitrogen and oxygen atoms in total. The number of rotatable bonds is 5. The number of hydrogen-bond acceptors (Lipinski definition) is 4. The Bertz CT molecular complexity index is 650. The topological polar surface area (TPSA) is 47.0 Å². The average Bonchev–Trinajstić information content (AvgIpc) is 2.57. The van der Waals surface area contributed by atoms with Crippen LogP contribution in [0.25, 0.3) is 0 Å². The summed E-state index contributed by atoms with van der Waals surface area (Å²) < 4.78 is 11.0. The number of para-hydroxylation sites is 1. The smallest absolute Gasteiger partial charge is 0.213 e. The highest BCUT2D eigenvalue weighted by Gasteiger charge is 2.30. The van der Waals surface area contributed by atoms with Crippen LogP contribution in [0.1, 0.15) is 13.3 Å². The van der Waals surface area contributed by atoms with E-state index in [0.29, 0.717) is 5.88 Å². The molecule has 120 valence electrons. The van der Waals surface area contributed by atoms with Gasteiger partial charge in [-0.15, -0.1) is 0 Å². The third-order valence-electron chi connectivity index (χ3n) is 3.76. The number of nitrogens with zero attached hydrogens (tertiary/aromatic N) is 3. The first-order valence-corrected chi connectivity index (χ1v) is 7.82. The summed E-state index contributed by atoms with van der Waals surface area (Å²) in [5.74, 6) is 2.58. The van der Waals surface area contributed by atoms with Gasteiger partial charge >= 0.3 is 0 Å². The quantitative estimate of drug-likeness (QED) is 0.628. The third-order valence-corrected chi connectivity index (χ3v) is 3.76. The molecule has 5 heteroatoms. The summed E-state index contributed by atoms with van der Waals surface area (Å²) in [6, 6.07) is 13.7. The molecule has 3 rings (SSSR count). The van der Waals surface area contributed by atoms with E-state index < -0.39 is 0 Å². The van der Waals surface area contributed by atoms with E-state index in [0.717, 1.165) is 36.8 Å². The molecule has 1 saturated heterocycles. The first kappa shape index (κ1) is 15.3. The minimum absolute atomic E-state index is 0.225. The maximum atomic E-state index is 5.93. The molecule has 0 radical (unpaired) electrons. The predicted molar refractivity (Wildman–Crippen MR) is 90.6 cm³/mol. The highest BCUT2D eigenvalue weighted by Crippen LogP contribution is 2.21. The van der Waals surface area contributed by atoms with Crippen LogP contribution in [0.5, 0.6) is 11.6 Å². The van der Waals surface area contributed by atoms with Crippen LogP contribution in [-0.2, 0) is 0 Å². The molecule has 0 unspecified atom stereocenters. The molecule has 0 atom stereocenters. The van der Waals surface area contributed by atoms with Gasteiger partial charge in [-0.2, -0.15) is 0 Å². The Balaban J connectivity index is 1.58. The van der Waals surface area contributed by atoms with E-state index in [1.807, 2.05) is 42.5 Å². The molecule has 1 aromatic heterocycles. The van der Waals surface area contributed by atoms with Crippen molar-refractivity contribution >= 4 is 11.5 Å². The van der Waals surface area contributed by atoms with Gasteiger partial charge in [0.2, 0.25) is 5.88 Å². The van der Waals surface area contributed by atoms with Crippen molar-refractivity contribution in [3.8, 4) is 11.6 Å². The van der Waals surface area contributed by atoms with Crippen LogP contribution in [0.2, 0.25) is 0 Å². The molecule has 0 N–H and O–H groups in total. The lowest BCUT2D eigenvalue weighted by Gasteiger charge is -2.41. The summed E-state index contributed by atoms with van der Waals surface area (Å²) in [6.45, 7) is 3.84. The van der Waals surface area contributed by atoms with Crippen molar-refractivity contribution < 1.29 is 9.47 Å². The minimum Gasteiger partial charge on any atom is -0.487 e. The SMILES string of the molecule is CCC(=Nc1ccc(OC)nc1)N1CC(Oc2ccccc2)C1. The summed E-state index contributed by atoms with van der Waals surface area (Å²) in [6.07, 6.45) is 2.83. The van der Waals surface area contributed by atoms with Gasteiger partial charge in [0.05, 0.1) is 32.1 Å². The molecule has 0 aliphatic carbocycles. The van der Waals surface area contributed by atoms with Gasteiger partial charge in [-0.3, -0.25) is 0 Å². The molecule has 0 bridgehead atoms. The fourth-order valence-electron chi connectivity index (χ4n) is 2.50. The lowest BCUT2D eigenvalue weighted by molar-refractivity contribution is 0.0665. The Labute approximate surface area is 136 Å². The van der Waals surface area contributed by atoms with Crippen molar-refractivity contribution in [2.45, 2.75) is 19.4 Å². The largest absolute Gasteiger partial charge is 0.487 e. The van der Waals surface area contributed by atoms with Crippen molar-refractivity contribution in [2.75, 3.05) is 20.2 Å². The van der Waals surface area contributed by atoms with Gasteiger partial charge in [0.15, 0.2) is 0 Å². The second kappa shape index (κ2) is 7.13. The van der Waals surface area contributed by atoms with Gasteiger partial charge in [-0.1, -0.05) is 25.1 Å². The number of aromatic nitrogens is 1. The number of methoxy groups -OCH3 is 1. The van der Waals surface area contributed by atoms with Crippen LogP contribution in [0, 0.1) is 0 Å². The number of likely N-dealkylation sites (tertiary alicyclic amines) is 1. The van der Waals surface area contributed by atoms with Crippen LogP contribution in [-0.4, -0.2) is 42.0 Å². The van der Waals surface area contributed by atoms with Gasteiger partial charge < -0.3 is 14.4 Å². The molecule has 2 aromatic rings. The van der Waals surface area contributed by atoms with Crippen LogP contribution < -0.4 is 9.47 Å². The fourth-order valence-corrected chi connectivity index (χ4v) is 2.50. The average molecular weight is 311 g/mol. The molecular formula is C18H21N3O2. The molecule has 1 aliphatic heterocycles. The van der Waals surface area contributed by atoms with Crippen molar-refractivity contribution in [2.24, 2.45) is 4.99 Å². The van der Waals surface area contributed by atoms with Crippen molar-refractivity contribution in [3.05, 3.63) is 48.7 Å². The van der Waals surface area contributed by atoms with Crippen LogP contribution in [0.15, 0.2) is 53.7 Å². The molecule has 0 saturated carbocycles. The van der Waals surface area contributed by atoms with E-state index in [4.69, 9.17) is 9.47 Å². The summed E-state index contributed by atoms with van der Waals surface area (Å²) >= 11 is 0. The molecule has 23 heavy (non-hydrogen) atoms. The Morgan fingerprint density at radius 1 is 1.22 bits per heavy atom. The third kappa shape index (κ3) is 3.80. The number of benzene rings is 1. The van der Waals surface area contributed by atoms with Gasteiger partial charge in [-0.05, 0) is 18.2 Å². The monoisotopic (exact) mass is 311 g/mol. The van der Waals surface area contributed by atoms with Crippen molar-refractivity contribution in [3.63, 3.8) is 0 Å². The highest BCUT2D eigenvalue weighted by molar-refractivity contribution is 5.85. The second-order valence-corrected chi connectivity index (χ2v) is 5.40. The number of ether oxygens (including phenoxy) is 2. The Morgan fingerprint density at radius 3 is 2.61 bits per heavy atom. The Hall–Kier alpha value is -2.56. The van der Waals surface area contributed by atoms with E-state index in [2.05, 4.69) is 21.8 Å². The molecular weight excluding hydrogens is 290 g/mol. The normalized spacial score (nSPS) is 15.2. The number of aliphatic imine (C=N–C) groups is 1. The van der Waals surface area contributed by atoms with E-state index in [1.165, 1.54) is 0 Å². The molecule has 2 heterocycles. The van der Waals surface area contributed by atoms with Crippen LogP contribution in [0.3, 0.4) is 0 Å². The zero-order valence-corrected chi connectivity index (χ0v) is 13.5. The Morgan fingerprint density at radius 2 is 2.00 bits per heavy atom. The summed E-state index contributed by atoms with van der Waals surface area (Å²) in [5.41, 5.74) is 0.843. The van der Waals surface area contributed by atoms with E-state index >= 15 is 0 Å². The van der Waals surface area contributed by atoms with Crippen LogP contribution in [0.4, 0.5) is 5.69 Å². The number of pyridine rings is 1.